The molecule has 0 heterocycles. The van der Waals surface area contributed by atoms with E-state index in [0.717, 1.165) is 154 Å². The summed E-state index contributed by atoms with van der Waals surface area (Å²) >= 11 is 0. The van der Waals surface area contributed by atoms with Gasteiger partial charge in [-0.1, -0.05) is 296 Å². The zero-order valence-corrected chi connectivity index (χ0v) is 51.6. The van der Waals surface area contributed by atoms with Crippen LogP contribution >= 0.6 is 0 Å². The van der Waals surface area contributed by atoms with Crippen molar-refractivity contribution >= 4 is 17.9 Å². The molecule has 0 aromatic rings. The van der Waals surface area contributed by atoms with Crippen LogP contribution in [0.3, 0.4) is 0 Å². The minimum atomic E-state index is -0.797. The van der Waals surface area contributed by atoms with Crippen molar-refractivity contribution in [3.8, 4) is 0 Å². The van der Waals surface area contributed by atoms with Crippen LogP contribution in [-0.2, 0) is 28.6 Å². The lowest BCUT2D eigenvalue weighted by Gasteiger charge is -2.18. The van der Waals surface area contributed by atoms with Gasteiger partial charge in [0.2, 0.25) is 0 Å². The molecule has 1 atom stereocenters. The van der Waals surface area contributed by atoms with E-state index in [1.54, 1.807) is 0 Å². The number of hydrogen-bond donors (Lipinski definition) is 0. The largest absolute Gasteiger partial charge is 0.462 e. The summed E-state index contributed by atoms with van der Waals surface area (Å²) in [6.45, 7) is 6.45. The second kappa shape index (κ2) is 66.3. The van der Waals surface area contributed by atoms with E-state index in [1.165, 1.54) is 109 Å². The maximum atomic E-state index is 12.9. The van der Waals surface area contributed by atoms with Crippen molar-refractivity contribution in [2.24, 2.45) is 0 Å². The quantitative estimate of drug-likeness (QED) is 0.0261. The first-order chi connectivity index (χ1) is 39.0. The van der Waals surface area contributed by atoms with Crippen molar-refractivity contribution < 1.29 is 28.6 Å². The highest BCUT2D eigenvalue weighted by Gasteiger charge is 2.19. The zero-order chi connectivity index (χ0) is 57.1. The normalized spacial score (nSPS) is 12.9. The Morgan fingerprint density at radius 1 is 0.266 bits per heavy atom. The van der Waals surface area contributed by atoms with E-state index < -0.39 is 6.10 Å². The minimum absolute atomic E-state index is 0.0935. The molecule has 0 spiro atoms. The SMILES string of the molecule is CC/C=C\C/C=C\C/C=C\C/C=C\C/C=C\C/C=C\C/C=C\C/C=C\CCCCCCC(=O)OCC(COC(=O)CCCCCCC/C=C\C/C=C\CCC)OC(=O)CCCCCCCCCCCCCCCCCCCCC. The first-order valence-electron chi connectivity index (χ1n) is 33.0. The van der Waals surface area contributed by atoms with Crippen LogP contribution in [0.15, 0.2) is 122 Å². The Morgan fingerprint density at radius 3 is 0.823 bits per heavy atom. The summed E-state index contributed by atoms with van der Waals surface area (Å²) in [7, 11) is 0. The molecule has 6 heteroatoms. The summed E-state index contributed by atoms with van der Waals surface area (Å²) in [5.41, 5.74) is 0. The molecule has 79 heavy (non-hydrogen) atoms. The first kappa shape index (κ1) is 74.8. The average Bonchev–Trinajstić information content (AvgIpc) is 3.45. The molecule has 0 aromatic carbocycles. The number of esters is 3. The third kappa shape index (κ3) is 64.5. The zero-order valence-electron chi connectivity index (χ0n) is 51.6. The van der Waals surface area contributed by atoms with Gasteiger partial charge in [-0.05, 0) is 109 Å². The minimum Gasteiger partial charge on any atom is -0.462 e. The third-order valence-electron chi connectivity index (χ3n) is 13.9. The van der Waals surface area contributed by atoms with E-state index in [0.29, 0.717) is 19.3 Å². The van der Waals surface area contributed by atoms with Crippen molar-refractivity contribution in [1.82, 2.24) is 0 Å². The predicted molar refractivity (Wildman–Crippen MR) is 343 cm³/mol. The fourth-order valence-electron chi connectivity index (χ4n) is 9.03. The van der Waals surface area contributed by atoms with Gasteiger partial charge in [-0.15, -0.1) is 0 Å². The second-order valence-electron chi connectivity index (χ2n) is 21.6. The summed E-state index contributed by atoms with van der Waals surface area (Å²) in [6, 6.07) is 0. The number of hydrogen-bond acceptors (Lipinski definition) is 6. The molecule has 0 aliphatic rings. The Balaban J connectivity index is 4.37. The molecule has 0 saturated carbocycles. The van der Waals surface area contributed by atoms with Crippen LogP contribution in [0, 0.1) is 0 Å². The molecule has 1 unspecified atom stereocenters. The molecular formula is C73H122O6. The highest BCUT2D eigenvalue weighted by molar-refractivity contribution is 5.71. The molecule has 0 fully saturated rings. The Hall–Kier alpha value is -4.19. The lowest BCUT2D eigenvalue weighted by atomic mass is 10.0. The number of carbonyl (C=O) groups excluding carboxylic acids is 3. The predicted octanol–water partition coefficient (Wildman–Crippen LogP) is 22.8. The van der Waals surface area contributed by atoms with Crippen molar-refractivity contribution in [2.75, 3.05) is 13.2 Å². The van der Waals surface area contributed by atoms with Gasteiger partial charge in [-0.2, -0.15) is 0 Å². The number of allylic oxidation sites excluding steroid dienone is 20. The molecule has 0 aromatic heterocycles. The molecule has 0 aliphatic carbocycles. The Labute approximate surface area is 488 Å². The molecule has 450 valence electrons. The average molecular weight is 1100 g/mol. The standard InChI is InChI=1S/C73H122O6/c1-4-7-10-13-16-19-22-25-27-29-31-32-33-34-35-36-37-38-39-40-42-43-45-48-51-54-57-60-63-66-72(75)78-69-70(68-77-71(74)65-62-59-56-53-50-47-24-21-18-15-12-9-6-3)79-73(76)67-64-61-58-55-52-49-46-44-41-30-28-26-23-20-17-14-11-8-5-2/h7,10,12,15-16,19,21,24-25,27,31-32,34-35,37-38,40,42,45,48,70H,4-6,8-9,11,13-14,17-18,20,22-23,26,28-30,33,36,39,41,43-44,46-47,49-69H2,1-3H3/b10-7-,15-12-,19-16-,24-21-,27-25-,32-31-,35-34-,38-37-,42-40-,48-45-. The van der Waals surface area contributed by atoms with Gasteiger partial charge in [-0.25, -0.2) is 0 Å². The van der Waals surface area contributed by atoms with Crippen molar-refractivity contribution in [3.63, 3.8) is 0 Å². The van der Waals surface area contributed by atoms with Crippen LogP contribution in [0.5, 0.6) is 0 Å². The maximum Gasteiger partial charge on any atom is 0.306 e. The van der Waals surface area contributed by atoms with Crippen LogP contribution in [0.2, 0.25) is 0 Å². The number of unbranched alkanes of at least 4 members (excludes halogenated alkanes) is 28. The molecule has 6 nitrogen and oxygen atoms in total. The highest BCUT2D eigenvalue weighted by atomic mass is 16.6. The molecule has 0 saturated heterocycles. The number of ether oxygens (including phenoxy) is 3. The smallest absolute Gasteiger partial charge is 0.306 e. The van der Waals surface area contributed by atoms with Gasteiger partial charge in [-0.3, -0.25) is 14.4 Å². The van der Waals surface area contributed by atoms with Gasteiger partial charge >= 0.3 is 17.9 Å². The Morgan fingerprint density at radius 2 is 0.519 bits per heavy atom. The van der Waals surface area contributed by atoms with Gasteiger partial charge in [0.25, 0.3) is 0 Å². The fraction of sp³-hybridized carbons (Fsp3) is 0.685. The topological polar surface area (TPSA) is 78.9 Å². The monoisotopic (exact) mass is 1090 g/mol. The lowest BCUT2D eigenvalue weighted by molar-refractivity contribution is -0.167. The van der Waals surface area contributed by atoms with Gasteiger partial charge in [0, 0.05) is 19.3 Å². The van der Waals surface area contributed by atoms with Crippen molar-refractivity contribution in [3.05, 3.63) is 122 Å². The summed E-state index contributed by atoms with van der Waals surface area (Å²) in [5, 5.41) is 0. The van der Waals surface area contributed by atoms with Crippen molar-refractivity contribution in [1.29, 1.82) is 0 Å². The van der Waals surface area contributed by atoms with E-state index in [2.05, 4.69) is 142 Å². The molecular weight excluding hydrogens is 973 g/mol. The number of rotatable bonds is 59. The third-order valence-corrected chi connectivity index (χ3v) is 13.9. The van der Waals surface area contributed by atoms with Gasteiger partial charge < -0.3 is 14.2 Å². The van der Waals surface area contributed by atoms with Crippen LogP contribution in [0.25, 0.3) is 0 Å². The lowest BCUT2D eigenvalue weighted by Crippen LogP contribution is -2.30. The highest BCUT2D eigenvalue weighted by Crippen LogP contribution is 2.16. The summed E-state index contributed by atoms with van der Waals surface area (Å²) in [4.78, 5) is 38.3. The Bertz CT molecular complexity index is 1640. The summed E-state index contributed by atoms with van der Waals surface area (Å²) in [6.07, 6.45) is 92.1. The Kier molecular flexibility index (Phi) is 62.8. The molecule has 0 amide bonds. The van der Waals surface area contributed by atoms with Crippen LogP contribution in [0.1, 0.15) is 303 Å². The van der Waals surface area contributed by atoms with Crippen LogP contribution < -0.4 is 0 Å². The van der Waals surface area contributed by atoms with Crippen LogP contribution in [0.4, 0.5) is 0 Å². The first-order valence-corrected chi connectivity index (χ1v) is 33.0. The maximum absolute atomic E-state index is 12.9. The van der Waals surface area contributed by atoms with E-state index >= 15 is 0 Å². The van der Waals surface area contributed by atoms with E-state index in [1.807, 2.05) is 0 Å². The summed E-state index contributed by atoms with van der Waals surface area (Å²) in [5.74, 6) is -0.924. The van der Waals surface area contributed by atoms with Gasteiger partial charge in [0.05, 0.1) is 0 Å². The van der Waals surface area contributed by atoms with E-state index in [-0.39, 0.29) is 31.1 Å². The van der Waals surface area contributed by atoms with Crippen LogP contribution in [-0.4, -0.2) is 37.2 Å². The van der Waals surface area contributed by atoms with Gasteiger partial charge in [0.1, 0.15) is 13.2 Å². The van der Waals surface area contributed by atoms with E-state index in [4.69, 9.17) is 14.2 Å². The molecule has 0 aliphatic heterocycles. The molecule has 0 bridgehead atoms. The molecule has 0 radical (unpaired) electrons. The molecule has 0 rings (SSSR count). The number of carbonyl (C=O) groups is 3. The van der Waals surface area contributed by atoms with Gasteiger partial charge in [0.15, 0.2) is 6.10 Å². The fourth-order valence-corrected chi connectivity index (χ4v) is 9.03. The van der Waals surface area contributed by atoms with Crippen molar-refractivity contribution in [2.45, 2.75) is 309 Å². The molecule has 0 N–H and O–H groups in total. The summed E-state index contributed by atoms with van der Waals surface area (Å²) < 4.78 is 16.9. The second-order valence-corrected chi connectivity index (χ2v) is 21.6. The van der Waals surface area contributed by atoms with E-state index in [9.17, 15) is 14.4 Å².